The van der Waals surface area contributed by atoms with Gasteiger partial charge in [-0.15, -0.1) is 0 Å². The third-order valence-corrected chi connectivity index (χ3v) is 4.79. The van der Waals surface area contributed by atoms with E-state index in [0.29, 0.717) is 26.2 Å². The lowest BCUT2D eigenvalue weighted by molar-refractivity contribution is -0.384. The number of nitrogens with zero attached hydrogens (tertiary/aromatic N) is 3. The number of anilines is 1. The second kappa shape index (κ2) is 7.13. The number of rotatable bonds is 4. The van der Waals surface area contributed by atoms with Crippen molar-refractivity contribution in [3.63, 3.8) is 0 Å². The monoisotopic (exact) mass is 354 g/mol. The molecule has 0 bridgehead atoms. The summed E-state index contributed by atoms with van der Waals surface area (Å²) in [5, 5.41) is 10.9. The van der Waals surface area contributed by atoms with Crippen molar-refractivity contribution in [1.82, 2.24) is 4.90 Å². The molecule has 2 N–H and O–H groups in total. The molecule has 136 valence electrons. The van der Waals surface area contributed by atoms with Crippen LogP contribution in [0.1, 0.15) is 12.5 Å². The van der Waals surface area contributed by atoms with Gasteiger partial charge < -0.3 is 15.5 Å². The van der Waals surface area contributed by atoms with Gasteiger partial charge in [0.2, 0.25) is 5.91 Å². The number of carbonyl (C=O) groups is 1. The summed E-state index contributed by atoms with van der Waals surface area (Å²) < 4.78 is 0. The van der Waals surface area contributed by atoms with Crippen LogP contribution in [0.2, 0.25) is 0 Å². The predicted octanol–water partition coefficient (Wildman–Crippen LogP) is 2.12. The smallest absolute Gasteiger partial charge is 0.271 e. The number of piperazine rings is 1. The minimum Gasteiger partial charge on any atom is -0.368 e. The van der Waals surface area contributed by atoms with Gasteiger partial charge in [-0.1, -0.05) is 36.4 Å². The van der Waals surface area contributed by atoms with E-state index < -0.39 is 10.5 Å². The van der Waals surface area contributed by atoms with E-state index in [-0.39, 0.29) is 11.6 Å². The molecule has 1 atom stereocenters. The lowest BCUT2D eigenvalue weighted by atomic mass is 9.91. The standard InChI is InChI=1S/C19H22N4O3/c1-19(20,15-6-3-2-4-7-15)18(24)22-12-10-21(11-13-22)16-8-5-9-17(14-16)23(25)26/h2-9,14H,10-13,20H2,1H3. The Kier molecular flexibility index (Phi) is 4.90. The van der Waals surface area contributed by atoms with Crippen molar-refractivity contribution in [2.45, 2.75) is 12.5 Å². The third-order valence-electron chi connectivity index (χ3n) is 4.79. The summed E-state index contributed by atoms with van der Waals surface area (Å²) in [4.78, 5) is 27.3. The topological polar surface area (TPSA) is 92.7 Å². The second-order valence-electron chi connectivity index (χ2n) is 6.62. The number of non-ortho nitro benzene ring substituents is 1. The van der Waals surface area contributed by atoms with Crippen molar-refractivity contribution in [1.29, 1.82) is 0 Å². The number of nitro groups is 1. The maximum atomic E-state index is 12.9. The Morgan fingerprint density at radius 3 is 2.35 bits per heavy atom. The molecule has 3 rings (SSSR count). The van der Waals surface area contributed by atoms with E-state index >= 15 is 0 Å². The minimum absolute atomic E-state index is 0.0691. The molecule has 7 heteroatoms. The molecule has 0 aromatic heterocycles. The Balaban J connectivity index is 1.68. The van der Waals surface area contributed by atoms with Crippen LogP contribution in [0, 0.1) is 10.1 Å². The first kappa shape index (κ1) is 17.9. The molecule has 0 aliphatic carbocycles. The van der Waals surface area contributed by atoms with Crippen molar-refractivity contribution in [2.24, 2.45) is 5.73 Å². The van der Waals surface area contributed by atoms with Crippen molar-refractivity contribution >= 4 is 17.3 Å². The molecule has 1 unspecified atom stereocenters. The highest BCUT2D eigenvalue weighted by Crippen LogP contribution is 2.24. The average Bonchev–Trinajstić information content (AvgIpc) is 2.68. The summed E-state index contributed by atoms with van der Waals surface area (Å²) >= 11 is 0. The molecule has 2 aromatic rings. The summed E-state index contributed by atoms with van der Waals surface area (Å²) in [7, 11) is 0. The molecule has 1 amide bonds. The van der Waals surface area contributed by atoms with Gasteiger partial charge in [-0.25, -0.2) is 0 Å². The van der Waals surface area contributed by atoms with Gasteiger partial charge in [0.1, 0.15) is 5.54 Å². The zero-order valence-electron chi connectivity index (χ0n) is 14.7. The van der Waals surface area contributed by atoms with Gasteiger partial charge in [0.15, 0.2) is 0 Å². The maximum absolute atomic E-state index is 12.9. The summed E-state index contributed by atoms with van der Waals surface area (Å²) in [6.45, 7) is 4.01. The van der Waals surface area contributed by atoms with Crippen molar-refractivity contribution in [3.05, 3.63) is 70.3 Å². The number of hydrogen-bond donors (Lipinski definition) is 1. The fourth-order valence-corrected chi connectivity index (χ4v) is 3.21. The molecule has 1 fully saturated rings. The van der Waals surface area contributed by atoms with E-state index in [9.17, 15) is 14.9 Å². The van der Waals surface area contributed by atoms with E-state index in [2.05, 4.69) is 0 Å². The Hall–Kier alpha value is -2.93. The van der Waals surface area contributed by atoms with Gasteiger partial charge in [-0.3, -0.25) is 14.9 Å². The lowest BCUT2D eigenvalue weighted by Crippen LogP contribution is -2.56. The molecule has 26 heavy (non-hydrogen) atoms. The van der Waals surface area contributed by atoms with Crippen LogP contribution in [-0.2, 0) is 10.3 Å². The van der Waals surface area contributed by atoms with E-state index in [1.54, 1.807) is 24.0 Å². The molecule has 0 radical (unpaired) electrons. The molecular formula is C19H22N4O3. The van der Waals surface area contributed by atoms with Crippen LogP contribution in [0.25, 0.3) is 0 Å². The zero-order chi connectivity index (χ0) is 18.7. The predicted molar refractivity (Wildman–Crippen MR) is 99.9 cm³/mol. The fraction of sp³-hybridized carbons (Fsp3) is 0.316. The van der Waals surface area contributed by atoms with E-state index in [1.807, 2.05) is 41.3 Å². The normalized spacial score (nSPS) is 16.8. The van der Waals surface area contributed by atoms with Gasteiger partial charge in [0.05, 0.1) is 4.92 Å². The fourth-order valence-electron chi connectivity index (χ4n) is 3.21. The summed E-state index contributed by atoms with van der Waals surface area (Å²) in [5.41, 5.74) is 6.91. The molecule has 0 saturated carbocycles. The van der Waals surface area contributed by atoms with Gasteiger partial charge in [-0.05, 0) is 18.6 Å². The number of nitro benzene ring substituents is 1. The Bertz CT molecular complexity index is 799. The zero-order valence-corrected chi connectivity index (χ0v) is 14.7. The van der Waals surface area contributed by atoms with Crippen LogP contribution in [0.15, 0.2) is 54.6 Å². The van der Waals surface area contributed by atoms with Crippen LogP contribution >= 0.6 is 0 Å². The van der Waals surface area contributed by atoms with Crippen LogP contribution in [0.5, 0.6) is 0 Å². The van der Waals surface area contributed by atoms with Gasteiger partial charge >= 0.3 is 0 Å². The minimum atomic E-state index is -1.07. The summed E-state index contributed by atoms with van der Waals surface area (Å²) in [6, 6.07) is 15.9. The van der Waals surface area contributed by atoms with Crippen LogP contribution in [-0.4, -0.2) is 41.9 Å². The van der Waals surface area contributed by atoms with E-state index in [4.69, 9.17) is 5.73 Å². The first-order valence-corrected chi connectivity index (χ1v) is 8.53. The van der Waals surface area contributed by atoms with Crippen LogP contribution in [0.3, 0.4) is 0 Å². The number of carbonyl (C=O) groups excluding carboxylic acids is 1. The van der Waals surface area contributed by atoms with Crippen LogP contribution < -0.4 is 10.6 Å². The number of hydrogen-bond acceptors (Lipinski definition) is 5. The summed E-state index contributed by atoms with van der Waals surface area (Å²) in [6.07, 6.45) is 0. The number of nitrogens with two attached hydrogens (primary N) is 1. The molecule has 1 aliphatic heterocycles. The highest BCUT2D eigenvalue weighted by Gasteiger charge is 2.35. The van der Waals surface area contributed by atoms with Gasteiger partial charge in [0, 0.05) is 44.0 Å². The molecular weight excluding hydrogens is 332 g/mol. The first-order chi connectivity index (χ1) is 12.4. The number of benzene rings is 2. The molecule has 1 aliphatic rings. The van der Waals surface area contributed by atoms with E-state index in [1.165, 1.54) is 6.07 Å². The molecule has 1 saturated heterocycles. The van der Waals surface area contributed by atoms with Gasteiger partial charge in [-0.2, -0.15) is 0 Å². The average molecular weight is 354 g/mol. The Labute approximate surface area is 152 Å². The highest BCUT2D eigenvalue weighted by molar-refractivity contribution is 5.87. The molecule has 2 aromatic carbocycles. The Morgan fingerprint density at radius 1 is 1.08 bits per heavy atom. The first-order valence-electron chi connectivity index (χ1n) is 8.53. The molecule has 1 heterocycles. The number of amides is 1. The lowest BCUT2D eigenvalue weighted by Gasteiger charge is -2.39. The van der Waals surface area contributed by atoms with Crippen molar-refractivity contribution in [2.75, 3.05) is 31.1 Å². The second-order valence-corrected chi connectivity index (χ2v) is 6.62. The summed E-state index contributed by atoms with van der Waals surface area (Å²) in [5.74, 6) is -0.109. The van der Waals surface area contributed by atoms with Crippen molar-refractivity contribution in [3.8, 4) is 0 Å². The third kappa shape index (κ3) is 3.52. The van der Waals surface area contributed by atoms with Crippen LogP contribution in [0.4, 0.5) is 11.4 Å². The molecule has 0 spiro atoms. The Morgan fingerprint density at radius 2 is 1.73 bits per heavy atom. The SMILES string of the molecule is CC(N)(C(=O)N1CCN(c2cccc([N+](=O)[O-])c2)CC1)c1ccccc1. The largest absolute Gasteiger partial charge is 0.368 e. The maximum Gasteiger partial charge on any atom is 0.271 e. The quantitative estimate of drug-likeness (QED) is 0.670. The van der Waals surface area contributed by atoms with Gasteiger partial charge in [0.25, 0.3) is 5.69 Å². The van der Waals surface area contributed by atoms with E-state index in [0.717, 1.165) is 11.3 Å². The highest BCUT2D eigenvalue weighted by atomic mass is 16.6. The van der Waals surface area contributed by atoms with Crippen molar-refractivity contribution < 1.29 is 9.72 Å². The molecule has 7 nitrogen and oxygen atoms in total.